The minimum Gasteiger partial charge on any atom is -0.394 e. The van der Waals surface area contributed by atoms with E-state index in [4.69, 9.17) is 10.8 Å². The molecule has 0 amide bonds. The van der Waals surface area contributed by atoms with Crippen molar-refractivity contribution in [2.75, 3.05) is 6.61 Å². The second-order valence-corrected chi connectivity index (χ2v) is 2.47. The van der Waals surface area contributed by atoms with Crippen molar-refractivity contribution < 1.29 is 5.11 Å². The predicted octanol–water partition coefficient (Wildman–Crippen LogP) is 0.582. The third-order valence-corrected chi connectivity index (χ3v) is 1.65. The Morgan fingerprint density at radius 1 is 1.60 bits per heavy atom. The zero-order valence-electron chi connectivity index (χ0n) is 5.96. The number of hydrogen-bond donors (Lipinski definition) is 2. The molecular formula is C8H13NO. The van der Waals surface area contributed by atoms with Crippen LogP contribution in [0.1, 0.15) is 12.8 Å². The second-order valence-electron chi connectivity index (χ2n) is 2.47. The molecule has 0 unspecified atom stereocenters. The molecule has 1 rings (SSSR count). The molecule has 0 heterocycles. The minimum absolute atomic E-state index is 0.0379. The van der Waals surface area contributed by atoms with E-state index in [1.807, 2.05) is 6.08 Å². The molecule has 0 aromatic heterocycles. The van der Waals surface area contributed by atoms with Crippen LogP contribution in [0, 0.1) is 0 Å². The second kappa shape index (κ2) is 3.54. The van der Waals surface area contributed by atoms with E-state index >= 15 is 0 Å². The van der Waals surface area contributed by atoms with Gasteiger partial charge in [-0.1, -0.05) is 18.2 Å². The lowest BCUT2D eigenvalue weighted by atomic mass is 10.0. The van der Waals surface area contributed by atoms with E-state index in [-0.39, 0.29) is 12.6 Å². The maximum atomic E-state index is 8.69. The average molecular weight is 139 g/mol. The summed E-state index contributed by atoms with van der Waals surface area (Å²) in [6.45, 7) is 0.0379. The highest BCUT2D eigenvalue weighted by Gasteiger charge is 2.05. The largest absolute Gasteiger partial charge is 0.394 e. The Morgan fingerprint density at radius 2 is 2.40 bits per heavy atom. The van der Waals surface area contributed by atoms with E-state index in [2.05, 4.69) is 12.2 Å². The fourth-order valence-electron chi connectivity index (χ4n) is 1.01. The summed E-state index contributed by atoms with van der Waals surface area (Å²) in [5.74, 6) is 0. The monoisotopic (exact) mass is 139 g/mol. The first-order valence-electron chi connectivity index (χ1n) is 3.57. The van der Waals surface area contributed by atoms with E-state index in [1.54, 1.807) is 0 Å². The van der Waals surface area contributed by atoms with E-state index in [9.17, 15) is 0 Å². The number of rotatable bonds is 2. The van der Waals surface area contributed by atoms with Crippen molar-refractivity contribution >= 4 is 0 Å². The summed E-state index contributed by atoms with van der Waals surface area (Å²) in [5, 5.41) is 8.69. The molecule has 1 aliphatic rings. The van der Waals surface area contributed by atoms with Crippen molar-refractivity contribution in [2.24, 2.45) is 5.73 Å². The van der Waals surface area contributed by atoms with Gasteiger partial charge in [0.25, 0.3) is 0 Å². The smallest absolute Gasteiger partial charge is 0.0624 e. The van der Waals surface area contributed by atoms with Crippen LogP contribution in [0.5, 0.6) is 0 Å². The fraction of sp³-hybridized carbons (Fsp3) is 0.500. The van der Waals surface area contributed by atoms with E-state index in [0.29, 0.717) is 0 Å². The molecule has 0 saturated carbocycles. The van der Waals surface area contributed by atoms with Crippen LogP contribution in [0.15, 0.2) is 23.8 Å². The molecule has 0 bridgehead atoms. The van der Waals surface area contributed by atoms with E-state index < -0.39 is 0 Å². The third kappa shape index (κ3) is 1.69. The van der Waals surface area contributed by atoms with Crippen molar-refractivity contribution in [2.45, 2.75) is 18.9 Å². The quantitative estimate of drug-likeness (QED) is 0.588. The lowest BCUT2D eigenvalue weighted by Gasteiger charge is -2.11. The zero-order valence-corrected chi connectivity index (χ0v) is 5.96. The first-order valence-corrected chi connectivity index (χ1v) is 3.57. The van der Waals surface area contributed by atoms with Crippen LogP contribution in [0.4, 0.5) is 0 Å². The maximum absolute atomic E-state index is 8.69. The molecule has 56 valence electrons. The summed E-state index contributed by atoms with van der Waals surface area (Å²) in [6.07, 6.45) is 8.32. The molecule has 0 aliphatic heterocycles. The van der Waals surface area contributed by atoms with Gasteiger partial charge < -0.3 is 10.8 Å². The first kappa shape index (κ1) is 7.51. The van der Waals surface area contributed by atoms with Crippen molar-refractivity contribution in [3.05, 3.63) is 23.8 Å². The molecule has 3 N–H and O–H groups in total. The molecule has 1 aliphatic carbocycles. The normalized spacial score (nSPS) is 20.4. The highest BCUT2D eigenvalue weighted by molar-refractivity contribution is 5.26. The molecular weight excluding hydrogens is 126 g/mol. The highest BCUT2D eigenvalue weighted by Crippen LogP contribution is 2.11. The fourth-order valence-corrected chi connectivity index (χ4v) is 1.01. The number of nitrogens with two attached hydrogens (primary N) is 1. The molecule has 2 heteroatoms. The lowest BCUT2D eigenvalue weighted by Crippen LogP contribution is -2.26. The predicted molar refractivity (Wildman–Crippen MR) is 41.5 cm³/mol. The Labute approximate surface area is 61.0 Å². The van der Waals surface area contributed by atoms with Gasteiger partial charge in [0.05, 0.1) is 12.6 Å². The molecule has 2 nitrogen and oxygen atoms in total. The van der Waals surface area contributed by atoms with Gasteiger partial charge in [-0.2, -0.15) is 0 Å². The highest BCUT2D eigenvalue weighted by atomic mass is 16.3. The van der Waals surface area contributed by atoms with Crippen molar-refractivity contribution in [1.29, 1.82) is 0 Å². The average Bonchev–Trinajstić information content (AvgIpc) is 2.05. The van der Waals surface area contributed by atoms with Crippen LogP contribution in [0.25, 0.3) is 0 Å². The molecule has 0 spiro atoms. The molecule has 0 aromatic carbocycles. The summed E-state index contributed by atoms with van der Waals surface area (Å²) in [7, 11) is 0. The van der Waals surface area contributed by atoms with Crippen molar-refractivity contribution in [3.63, 3.8) is 0 Å². The minimum atomic E-state index is -0.184. The van der Waals surface area contributed by atoms with Crippen LogP contribution >= 0.6 is 0 Å². The van der Waals surface area contributed by atoms with Crippen LogP contribution in [-0.4, -0.2) is 17.8 Å². The molecule has 0 aromatic rings. The summed E-state index contributed by atoms with van der Waals surface area (Å²) in [4.78, 5) is 0. The Hall–Kier alpha value is -0.600. The van der Waals surface area contributed by atoms with Gasteiger partial charge in [-0.25, -0.2) is 0 Å². The van der Waals surface area contributed by atoms with Gasteiger partial charge in [-0.3, -0.25) is 0 Å². The molecule has 1 atom stereocenters. The first-order chi connectivity index (χ1) is 4.84. The van der Waals surface area contributed by atoms with Gasteiger partial charge >= 0.3 is 0 Å². The summed E-state index contributed by atoms with van der Waals surface area (Å²) < 4.78 is 0. The molecule has 10 heavy (non-hydrogen) atoms. The van der Waals surface area contributed by atoms with Crippen molar-refractivity contribution in [3.8, 4) is 0 Å². The van der Waals surface area contributed by atoms with Gasteiger partial charge in [-0.15, -0.1) is 0 Å². The van der Waals surface area contributed by atoms with Gasteiger partial charge in [-0.05, 0) is 18.4 Å². The van der Waals surface area contributed by atoms with Crippen LogP contribution in [0.3, 0.4) is 0 Å². The van der Waals surface area contributed by atoms with E-state index in [0.717, 1.165) is 18.4 Å². The zero-order chi connectivity index (χ0) is 7.40. The Bertz CT molecular complexity index is 161. The lowest BCUT2D eigenvalue weighted by molar-refractivity contribution is 0.280. The maximum Gasteiger partial charge on any atom is 0.0624 e. The molecule has 0 fully saturated rings. The van der Waals surface area contributed by atoms with Gasteiger partial charge in [0.1, 0.15) is 0 Å². The molecule has 0 saturated heterocycles. The standard InChI is InChI=1S/C8H13NO/c9-8(6-10)7-4-2-1-3-5-7/h2,4-5,8,10H,1,3,6,9H2/t8-/m1/s1. The molecule has 0 radical (unpaired) electrons. The number of aliphatic hydroxyl groups is 1. The van der Waals surface area contributed by atoms with Gasteiger partial charge in [0.15, 0.2) is 0 Å². The van der Waals surface area contributed by atoms with Crippen LogP contribution in [0.2, 0.25) is 0 Å². The van der Waals surface area contributed by atoms with Crippen LogP contribution < -0.4 is 5.73 Å². The summed E-state index contributed by atoms with van der Waals surface area (Å²) in [5.41, 5.74) is 6.64. The Morgan fingerprint density at radius 3 is 2.90 bits per heavy atom. The number of hydrogen-bond acceptors (Lipinski definition) is 2. The Balaban J connectivity index is 2.54. The Kier molecular flexibility index (Phi) is 2.66. The topological polar surface area (TPSA) is 46.2 Å². The van der Waals surface area contributed by atoms with Gasteiger partial charge in [0.2, 0.25) is 0 Å². The van der Waals surface area contributed by atoms with Crippen molar-refractivity contribution in [1.82, 2.24) is 0 Å². The SMILES string of the molecule is N[C@H](CO)C1=CCCC=C1. The van der Waals surface area contributed by atoms with Gasteiger partial charge in [0, 0.05) is 0 Å². The number of allylic oxidation sites excluding steroid dienone is 2. The summed E-state index contributed by atoms with van der Waals surface area (Å²) in [6, 6.07) is -0.184. The number of aliphatic hydroxyl groups excluding tert-OH is 1. The summed E-state index contributed by atoms with van der Waals surface area (Å²) >= 11 is 0. The van der Waals surface area contributed by atoms with Crippen LogP contribution in [-0.2, 0) is 0 Å². The third-order valence-electron chi connectivity index (χ3n) is 1.65. The van der Waals surface area contributed by atoms with E-state index in [1.165, 1.54) is 0 Å².